The maximum absolute atomic E-state index is 11.2. The molecule has 0 aliphatic carbocycles. The Kier molecular flexibility index (Phi) is 2.19. The molecule has 0 bridgehead atoms. The summed E-state index contributed by atoms with van der Waals surface area (Å²) in [6.45, 7) is 0. The van der Waals surface area contributed by atoms with E-state index >= 15 is 0 Å². The van der Waals surface area contributed by atoms with Gasteiger partial charge in [0.05, 0.1) is 0 Å². The summed E-state index contributed by atoms with van der Waals surface area (Å²) in [5.74, 6) is 0.364. The third-order valence-electron chi connectivity index (χ3n) is 1.66. The average Bonchev–Trinajstić information content (AvgIpc) is 2.69. The van der Waals surface area contributed by atoms with Gasteiger partial charge in [0.15, 0.2) is 20.7 Å². The average molecular weight is 225 g/mol. The van der Waals surface area contributed by atoms with E-state index in [0.717, 1.165) is 6.26 Å². The molecular formula is C7H7N5O2S. The Hall–Kier alpha value is -1.83. The van der Waals surface area contributed by atoms with Gasteiger partial charge in [-0.15, -0.1) is 0 Å². The number of sulfone groups is 1. The van der Waals surface area contributed by atoms with Crippen molar-refractivity contribution in [2.45, 2.75) is 5.03 Å². The minimum Gasteiger partial charge on any atom is -0.225 e. The first-order valence-electron chi connectivity index (χ1n) is 3.94. The van der Waals surface area contributed by atoms with Crippen molar-refractivity contribution < 1.29 is 8.42 Å². The number of nitrogens with zero attached hydrogens (tertiary/aromatic N) is 5. The van der Waals surface area contributed by atoms with E-state index in [2.05, 4.69) is 20.1 Å². The standard InChI is InChI=1S/C7H7N5O2S/c1-15(13,14)7-2-6(9-4-10-7)12-5-8-3-11-12/h2-5H,1H3. The van der Waals surface area contributed by atoms with Crippen LogP contribution in [0.5, 0.6) is 0 Å². The van der Waals surface area contributed by atoms with E-state index in [4.69, 9.17) is 0 Å². The monoisotopic (exact) mass is 225 g/mol. The second-order valence-electron chi connectivity index (χ2n) is 2.83. The molecule has 0 atom stereocenters. The Morgan fingerprint density at radius 2 is 2.07 bits per heavy atom. The van der Waals surface area contributed by atoms with Crippen molar-refractivity contribution in [3.63, 3.8) is 0 Å². The third kappa shape index (κ3) is 1.99. The molecule has 2 rings (SSSR count). The first kappa shape index (κ1) is 9.71. The van der Waals surface area contributed by atoms with Gasteiger partial charge in [-0.25, -0.2) is 28.1 Å². The van der Waals surface area contributed by atoms with Crippen LogP contribution in [0.4, 0.5) is 0 Å². The van der Waals surface area contributed by atoms with Gasteiger partial charge in [-0.05, 0) is 0 Å². The normalized spacial score (nSPS) is 11.5. The fraction of sp³-hybridized carbons (Fsp3) is 0.143. The Morgan fingerprint density at radius 3 is 2.67 bits per heavy atom. The zero-order valence-electron chi connectivity index (χ0n) is 7.77. The number of hydrogen-bond donors (Lipinski definition) is 0. The van der Waals surface area contributed by atoms with Gasteiger partial charge in [0.25, 0.3) is 0 Å². The van der Waals surface area contributed by atoms with Gasteiger partial charge < -0.3 is 0 Å². The lowest BCUT2D eigenvalue weighted by Gasteiger charge is -2.00. The molecule has 7 nitrogen and oxygen atoms in total. The summed E-state index contributed by atoms with van der Waals surface area (Å²) in [5, 5.41) is 3.79. The van der Waals surface area contributed by atoms with E-state index in [9.17, 15) is 8.42 Å². The summed E-state index contributed by atoms with van der Waals surface area (Å²) in [5.41, 5.74) is 0. The van der Waals surface area contributed by atoms with Crippen molar-refractivity contribution in [3.05, 3.63) is 25.0 Å². The molecule has 78 valence electrons. The minimum atomic E-state index is -3.33. The van der Waals surface area contributed by atoms with Gasteiger partial charge in [0, 0.05) is 12.3 Å². The van der Waals surface area contributed by atoms with Gasteiger partial charge in [-0.1, -0.05) is 0 Å². The van der Waals surface area contributed by atoms with Crippen molar-refractivity contribution in [2.75, 3.05) is 6.26 Å². The van der Waals surface area contributed by atoms with Crippen molar-refractivity contribution in [2.24, 2.45) is 0 Å². The molecule has 2 heterocycles. The quantitative estimate of drug-likeness (QED) is 0.637. The highest BCUT2D eigenvalue weighted by molar-refractivity contribution is 7.90. The molecule has 15 heavy (non-hydrogen) atoms. The van der Waals surface area contributed by atoms with Gasteiger partial charge >= 0.3 is 0 Å². The van der Waals surface area contributed by atoms with Crippen LogP contribution in [0.3, 0.4) is 0 Å². The van der Waals surface area contributed by atoms with Crippen LogP contribution in [-0.4, -0.2) is 39.4 Å². The fourth-order valence-corrected chi connectivity index (χ4v) is 1.54. The molecule has 0 saturated carbocycles. The molecule has 8 heteroatoms. The van der Waals surface area contributed by atoms with Crippen LogP contribution in [0.2, 0.25) is 0 Å². The van der Waals surface area contributed by atoms with Crippen LogP contribution in [0.15, 0.2) is 30.1 Å². The lowest BCUT2D eigenvalue weighted by atomic mass is 10.6. The van der Waals surface area contributed by atoms with Gasteiger partial charge in [-0.2, -0.15) is 5.10 Å². The fourth-order valence-electron chi connectivity index (χ4n) is 0.984. The minimum absolute atomic E-state index is 0.0389. The SMILES string of the molecule is CS(=O)(=O)c1cc(-n2cncn2)ncn1. The number of rotatable bonds is 2. The van der Waals surface area contributed by atoms with Crippen LogP contribution in [-0.2, 0) is 9.84 Å². The Bertz CT molecular complexity index is 563. The predicted molar refractivity (Wildman–Crippen MR) is 50.1 cm³/mol. The Morgan fingerprint density at radius 1 is 1.27 bits per heavy atom. The van der Waals surface area contributed by atoms with Crippen molar-refractivity contribution in [1.82, 2.24) is 24.7 Å². The maximum atomic E-state index is 11.2. The van der Waals surface area contributed by atoms with E-state index in [-0.39, 0.29) is 5.03 Å². The van der Waals surface area contributed by atoms with Gasteiger partial charge in [0.1, 0.15) is 19.0 Å². The Labute approximate surface area is 85.7 Å². The largest absolute Gasteiger partial charge is 0.225 e. The molecule has 2 aromatic rings. The molecular weight excluding hydrogens is 218 g/mol. The summed E-state index contributed by atoms with van der Waals surface area (Å²) in [6, 6.07) is 1.34. The van der Waals surface area contributed by atoms with E-state index in [0.29, 0.717) is 5.82 Å². The zero-order chi connectivity index (χ0) is 10.9. The lowest BCUT2D eigenvalue weighted by molar-refractivity contribution is 0.597. The van der Waals surface area contributed by atoms with E-state index in [1.165, 1.54) is 29.7 Å². The van der Waals surface area contributed by atoms with Gasteiger partial charge in [-0.3, -0.25) is 0 Å². The smallest absolute Gasteiger partial charge is 0.192 e. The second-order valence-corrected chi connectivity index (χ2v) is 4.79. The van der Waals surface area contributed by atoms with E-state index in [1.54, 1.807) is 0 Å². The summed E-state index contributed by atoms with van der Waals surface area (Å²) >= 11 is 0. The third-order valence-corrected chi connectivity index (χ3v) is 2.64. The van der Waals surface area contributed by atoms with Crippen LogP contribution >= 0.6 is 0 Å². The first-order chi connectivity index (χ1) is 7.07. The highest BCUT2D eigenvalue weighted by Gasteiger charge is 2.10. The van der Waals surface area contributed by atoms with Crippen LogP contribution < -0.4 is 0 Å². The molecule has 0 spiro atoms. The highest BCUT2D eigenvalue weighted by Crippen LogP contribution is 2.07. The molecule has 0 N–H and O–H groups in total. The molecule has 0 radical (unpaired) electrons. The first-order valence-corrected chi connectivity index (χ1v) is 5.83. The van der Waals surface area contributed by atoms with Gasteiger partial charge in [0.2, 0.25) is 0 Å². The van der Waals surface area contributed by atoms with Crippen molar-refractivity contribution >= 4 is 9.84 Å². The Balaban J connectivity index is 2.53. The number of hydrogen-bond acceptors (Lipinski definition) is 6. The van der Waals surface area contributed by atoms with E-state index < -0.39 is 9.84 Å². The second kappa shape index (κ2) is 3.39. The van der Waals surface area contributed by atoms with Crippen LogP contribution in [0.25, 0.3) is 5.82 Å². The molecule has 0 aliphatic rings. The molecule has 0 fully saturated rings. The molecule has 0 amide bonds. The summed E-state index contributed by atoms with van der Waals surface area (Å²) in [4.78, 5) is 11.3. The highest BCUT2D eigenvalue weighted by atomic mass is 32.2. The molecule has 0 saturated heterocycles. The maximum Gasteiger partial charge on any atom is 0.192 e. The molecule has 0 aliphatic heterocycles. The van der Waals surface area contributed by atoms with Crippen molar-refractivity contribution in [3.8, 4) is 5.82 Å². The van der Waals surface area contributed by atoms with Crippen molar-refractivity contribution in [1.29, 1.82) is 0 Å². The summed E-state index contributed by atoms with van der Waals surface area (Å²) in [7, 11) is -3.33. The topological polar surface area (TPSA) is 90.6 Å². The molecule has 0 unspecified atom stereocenters. The van der Waals surface area contributed by atoms with E-state index in [1.807, 2.05) is 0 Å². The lowest BCUT2D eigenvalue weighted by Crippen LogP contribution is -2.05. The van der Waals surface area contributed by atoms with Crippen LogP contribution in [0, 0.1) is 0 Å². The molecule has 2 aromatic heterocycles. The summed E-state index contributed by atoms with van der Waals surface area (Å²) in [6.07, 6.45) is 5.02. The van der Waals surface area contributed by atoms with Crippen LogP contribution in [0.1, 0.15) is 0 Å². The summed E-state index contributed by atoms with van der Waals surface area (Å²) < 4.78 is 23.8. The number of aromatic nitrogens is 5. The predicted octanol–water partition coefficient (Wildman–Crippen LogP) is -0.539. The zero-order valence-corrected chi connectivity index (χ0v) is 8.59. The molecule has 0 aromatic carbocycles.